The standard InChI is InChI=1S/C69H128O6/c1-4-7-10-13-16-19-22-24-26-27-28-29-30-31-32-33-34-35-36-37-38-39-40-41-42-43-44-46-47-50-53-56-59-62-68(71)74-65-66(64-73-67(70)61-58-55-52-49-21-18-15-12-9-6-3)75-69(72)63-60-57-54-51-48-45-25-23-20-17-14-11-8-5-2/h12,14-15,17,23,25,66H,4-11,13,16,18-22,24,26-65H2,1-3H3/b15-12-,17-14-,25-23-. The van der Waals surface area contributed by atoms with Crippen molar-refractivity contribution >= 4 is 17.9 Å². The molecule has 0 aliphatic rings. The molecule has 0 aliphatic carbocycles. The minimum Gasteiger partial charge on any atom is -0.462 e. The van der Waals surface area contributed by atoms with E-state index >= 15 is 0 Å². The van der Waals surface area contributed by atoms with Crippen LogP contribution in [0.15, 0.2) is 36.5 Å². The van der Waals surface area contributed by atoms with Gasteiger partial charge in [0.2, 0.25) is 0 Å². The Kier molecular flexibility index (Phi) is 62.1. The maximum atomic E-state index is 12.8. The molecule has 0 aromatic rings. The number of esters is 3. The third-order valence-electron chi connectivity index (χ3n) is 15.1. The Morgan fingerprint density at radius 2 is 0.520 bits per heavy atom. The molecule has 0 spiro atoms. The van der Waals surface area contributed by atoms with Gasteiger partial charge in [0.15, 0.2) is 6.10 Å². The lowest BCUT2D eigenvalue weighted by Gasteiger charge is -2.18. The molecule has 0 aliphatic heterocycles. The molecular formula is C69H128O6. The summed E-state index contributed by atoms with van der Waals surface area (Å²) in [5, 5.41) is 0. The molecule has 0 rings (SSSR count). The van der Waals surface area contributed by atoms with Crippen LogP contribution in [0.25, 0.3) is 0 Å². The van der Waals surface area contributed by atoms with Gasteiger partial charge in [-0.1, -0.05) is 320 Å². The van der Waals surface area contributed by atoms with Crippen molar-refractivity contribution in [3.05, 3.63) is 36.5 Å². The summed E-state index contributed by atoms with van der Waals surface area (Å²) in [6.45, 7) is 6.57. The Morgan fingerprint density at radius 3 is 0.840 bits per heavy atom. The van der Waals surface area contributed by atoms with E-state index in [2.05, 4.69) is 57.2 Å². The zero-order valence-electron chi connectivity index (χ0n) is 50.6. The molecule has 0 aromatic carbocycles. The molecule has 75 heavy (non-hydrogen) atoms. The fourth-order valence-corrected chi connectivity index (χ4v) is 10.1. The summed E-state index contributed by atoms with van der Waals surface area (Å²) in [6.07, 6.45) is 79.2. The molecule has 6 nitrogen and oxygen atoms in total. The van der Waals surface area contributed by atoms with E-state index in [4.69, 9.17) is 14.2 Å². The van der Waals surface area contributed by atoms with Crippen molar-refractivity contribution in [2.45, 2.75) is 374 Å². The smallest absolute Gasteiger partial charge is 0.306 e. The van der Waals surface area contributed by atoms with Gasteiger partial charge in [-0.3, -0.25) is 14.4 Å². The van der Waals surface area contributed by atoms with Crippen LogP contribution in [0.4, 0.5) is 0 Å². The topological polar surface area (TPSA) is 78.9 Å². The Hall–Kier alpha value is -2.37. The lowest BCUT2D eigenvalue weighted by Crippen LogP contribution is -2.30. The molecule has 0 amide bonds. The Bertz CT molecular complexity index is 1250. The minimum atomic E-state index is -0.780. The van der Waals surface area contributed by atoms with Crippen molar-refractivity contribution in [1.29, 1.82) is 0 Å². The minimum absolute atomic E-state index is 0.0771. The van der Waals surface area contributed by atoms with Gasteiger partial charge in [0.05, 0.1) is 0 Å². The van der Waals surface area contributed by atoms with E-state index in [1.807, 2.05) is 0 Å². The van der Waals surface area contributed by atoms with Crippen LogP contribution >= 0.6 is 0 Å². The van der Waals surface area contributed by atoms with Gasteiger partial charge in [-0.2, -0.15) is 0 Å². The number of carbonyl (C=O) groups excluding carboxylic acids is 3. The third-order valence-corrected chi connectivity index (χ3v) is 15.1. The number of rotatable bonds is 62. The van der Waals surface area contributed by atoms with Gasteiger partial charge in [0.25, 0.3) is 0 Å². The van der Waals surface area contributed by atoms with Crippen LogP contribution < -0.4 is 0 Å². The molecule has 0 bridgehead atoms. The average molecular weight is 1050 g/mol. The zero-order chi connectivity index (χ0) is 54.3. The van der Waals surface area contributed by atoms with Gasteiger partial charge in [0.1, 0.15) is 13.2 Å². The lowest BCUT2D eigenvalue weighted by molar-refractivity contribution is -0.167. The Morgan fingerprint density at radius 1 is 0.267 bits per heavy atom. The summed E-state index contributed by atoms with van der Waals surface area (Å²) in [6, 6.07) is 0. The molecule has 1 unspecified atom stereocenters. The monoisotopic (exact) mass is 1050 g/mol. The van der Waals surface area contributed by atoms with E-state index in [0.29, 0.717) is 19.3 Å². The van der Waals surface area contributed by atoms with Crippen molar-refractivity contribution in [2.24, 2.45) is 0 Å². The molecule has 0 heterocycles. The highest BCUT2D eigenvalue weighted by Gasteiger charge is 2.19. The van der Waals surface area contributed by atoms with E-state index < -0.39 is 6.10 Å². The first-order chi connectivity index (χ1) is 37.0. The highest BCUT2D eigenvalue weighted by atomic mass is 16.6. The summed E-state index contributed by atoms with van der Waals surface area (Å²) in [4.78, 5) is 38.1. The highest BCUT2D eigenvalue weighted by Crippen LogP contribution is 2.18. The first-order valence-electron chi connectivity index (χ1n) is 33.5. The van der Waals surface area contributed by atoms with Crippen molar-refractivity contribution in [3.63, 3.8) is 0 Å². The molecule has 0 fully saturated rings. The summed E-state index contributed by atoms with van der Waals surface area (Å²) in [7, 11) is 0. The van der Waals surface area contributed by atoms with E-state index in [1.165, 1.54) is 231 Å². The van der Waals surface area contributed by atoms with Crippen LogP contribution in [-0.4, -0.2) is 37.2 Å². The van der Waals surface area contributed by atoms with E-state index in [0.717, 1.165) is 96.3 Å². The van der Waals surface area contributed by atoms with Crippen molar-refractivity contribution < 1.29 is 28.6 Å². The maximum Gasteiger partial charge on any atom is 0.306 e. The number of allylic oxidation sites excluding steroid dienone is 6. The number of hydrogen-bond acceptors (Lipinski definition) is 6. The van der Waals surface area contributed by atoms with E-state index in [-0.39, 0.29) is 31.1 Å². The van der Waals surface area contributed by atoms with Crippen LogP contribution in [-0.2, 0) is 28.6 Å². The first-order valence-corrected chi connectivity index (χ1v) is 33.5. The molecule has 0 saturated carbocycles. The average Bonchev–Trinajstić information content (AvgIpc) is 3.41. The van der Waals surface area contributed by atoms with Crippen LogP contribution in [0.3, 0.4) is 0 Å². The zero-order valence-corrected chi connectivity index (χ0v) is 50.6. The number of carbonyl (C=O) groups is 3. The Balaban J connectivity index is 4.00. The molecule has 0 aromatic heterocycles. The normalized spacial score (nSPS) is 12.2. The molecule has 440 valence electrons. The van der Waals surface area contributed by atoms with Gasteiger partial charge in [-0.15, -0.1) is 0 Å². The van der Waals surface area contributed by atoms with Crippen LogP contribution in [0.1, 0.15) is 367 Å². The Labute approximate surface area is 467 Å². The molecule has 6 heteroatoms. The number of unbranched alkanes of at least 4 members (excludes halogenated alkanes) is 45. The van der Waals surface area contributed by atoms with E-state index in [9.17, 15) is 14.4 Å². The number of ether oxygens (including phenoxy) is 3. The second kappa shape index (κ2) is 64.2. The predicted octanol–water partition coefficient (Wildman–Crippen LogP) is 22.8. The summed E-state index contributed by atoms with van der Waals surface area (Å²) >= 11 is 0. The maximum absolute atomic E-state index is 12.8. The lowest BCUT2D eigenvalue weighted by atomic mass is 10.0. The van der Waals surface area contributed by atoms with Gasteiger partial charge < -0.3 is 14.2 Å². The van der Waals surface area contributed by atoms with E-state index in [1.54, 1.807) is 0 Å². The molecule has 0 radical (unpaired) electrons. The van der Waals surface area contributed by atoms with Gasteiger partial charge >= 0.3 is 17.9 Å². The van der Waals surface area contributed by atoms with Crippen LogP contribution in [0.2, 0.25) is 0 Å². The van der Waals surface area contributed by atoms with Crippen molar-refractivity contribution in [2.75, 3.05) is 13.2 Å². The first kappa shape index (κ1) is 72.6. The largest absolute Gasteiger partial charge is 0.462 e. The van der Waals surface area contributed by atoms with Gasteiger partial charge in [0, 0.05) is 19.3 Å². The molecule has 0 saturated heterocycles. The van der Waals surface area contributed by atoms with Crippen LogP contribution in [0.5, 0.6) is 0 Å². The van der Waals surface area contributed by atoms with Gasteiger partial charge in [-0.05, 0) is 64.2 Å². The molecule has 0 N–H and O–H groups in total. The van der Waals surface area contributed by atoms with Crippen molar-refractivity contribution in [3.8, 4) is 0 Å². The van der Waals surface area contributed by atoms with Gasteiger partial charge in [-0.25, -0.2) is 0 Å². The fourth-order valence-electron chi connectivity index (χ4n) is 10.1. The quantitative estimate of drug-likeness (QED) is 0.0261. The molecule has 1 atom stereocenters. The predicted molar refractivity (Wildman–Crippen MR) is 326 cm³/mol. The summed E-state index contributed by atoms with van der Waals surface area (Å²) in [5.74, 6) is -0.884. The number of hydrogen-bond donors (Lipinski definition) is 0. The second-order valence-electron chi connectivity index (χ2n) is 22.7. The second-order valence-corrected chi connectivity index (χ2v) is 22.7. The SMILES string of the molecule is CCC/C=C\CCCCCCCC(=O)OCC(COC(=O)CCCCCCCCCCCCCCCCCCCCCCCCCCCCCCCCCCC)OC(=O)CCCCCCC/C=C\C/C=C\CCCC. The highest BCUT2D eigenvalue weighted by molar-refractivity contribution is 5.71. The summed E-state index contributed by atoms with van der Waals surface area (Å²) in [5.41, 5.74) is 0. The molecular weight excluding hydrogens is 925 g/mol. The summed E-state index contributed by atoms with van der Waals surface area (Å²) < 4.78 is 16.9. The third kappa shape index (κ3) is 62.4. The van der Waals surface area contributed by atoms with Crippen molar-refractivity contribution in [1.82, 2.24) is 0 Å². The fraction of sp³-hybridized carbons (Fsp3) is 0.870. The van der Waals surface area contributed by atoms with Crippen LogP contribution in [0, 0.1) is 0 Å².